The molecule has 3 heterocycles. The molecule has 2 atom stereocenters. The molecule has 0 bridgehead atoms. The Hall–Kier alpha value is -1.55. The van der Waals surface area contributed by atoms with Crippen molar-refractivity contribution in [3.8, 4) is 11.5 Å². The number of imidazole rings is 1. The van der Waals surface area contributed by atoms with Crippen molar-refractivity contribution in [1.29, 1.82) is 0 Å². The standard InChI is InChI=1S/C12H15N3O/c1-8-5-9(13)6-15-7-10(14-12(8)15)11-3-2-4-16-11/h2-4,7-9H,5-6,13H2,1H3. The first-order valence-corrected chi connectivity index (χ1v) is 5.60. The number of aromatic nitrogens is 2. The summed E-state index contributed by atoms with van der Waals surface area (Å²) < 4.78 is 7.50. The van der Waals surface area contributed by atoms with Gasteiger partial charge in [-0.1, -0.05) is 6.92 Å². The van der Waals surface area contributed by atoms with Crippen LogP contribution in [-0.4, -0.2) is 15.6 Å². The van der Waals surface area contributed by atoms with E-state index in [9.17, 15) is 0 Å². The summed E-state index contributed by atoms with van der Waals surface area (Å²) in [5.41, 5.74) is 6.90. The fraction of sp³-hybridized carbons (Fsp3) is 0.417. The average molecular weight is 217 g/mol. The molecule has 0 aromatic carbocycles. The lowest BCUT2D eigenvalue weighted by Gasteiger charge is -2.25. The summed E-state index contributed by atoms with van der Waals surface area (Å²) in [6.07, 6.45) is 4.71. The predicted molar refractivity (Wildman–Crippen MR) is 60.9 cm³/mol. The Balaban J connectivity index is 2.03. The molecule has 2 unspecified atom stereocenters. The molecular weight excluding hydrogens is 202 g/mol. The zero-order valence-corrected chi connectivity index (χ0v) is 9.26. The van der Waals surface area contributed by atoms with Gasteiger partial charge in [-0.3, -0.25) is 0 Å². The summed E-state index contributed by atoms with van der Waals surface area (Å²) in [4.78, 5) is 4.62. The highest BCUT2D eigenvalue weighted by Gasteiger charge is 2.24. The Morgan fingerprint density at radius 3 is 3.19 bits per heavy atom. The molecule has 4 nitrogen and oxygen atoms in total. The van der Waals surface area contributed by atoms with Gasteiger partial charge in [-0.05, 0) is 18.6 Å². The van der Waals surface area contributed by atoms with E-state index in [0.29, 0.717) is 5.92 Å². The minimum absolute atomic E-state index is 0.237. The molecule has 2 N–H and O–H groups in total. The topological polar surface area (TPSA) is 57.0 Å². The van der Waals surface area contributed by atoms with Gasteiger partial charge in [0.25, 0.3) is 0 Å². The monoisotopic (exact) mass is 217 g/mol. The third kappa shape index (κ3) is 1.46. The Bertz CT molecular complexity index is 486. The van der Waals surface area contributed by atoms with E-state index in [1.165, 1.54) is 0 Å². The number of fused-ring (bicyclic) bond motifs is 1. The van der Waals surface area contributed by atoms with Gasteiger partial charge in [-0.2, -0.15) is 0 Å². The maximum Gasteiger partial charge on any atom is 0.153 e. The van der Waals surface area contributed by atoms with Gasteiger partial charge in [0.1, 0.15) is 11.5 Å². The second-order valence-electron chi connectivity index (χ2n) is 4.51. The molecular formula is C12H15N3O. The van der Waals surface area contributed by atoms with E-state index in [1.54, 1.807) is 6.26 Å². The number of hydrogen-bond donors (Lipinski definition) is 1. The van der Waals surface area contributed by atoms with Crippen molar-refractivity contribution in [3.05, 3.63) is 30.4 Å². The summed E-state index contributed by atoms with van der Waals surface area (Å²) in [5, 5.41) is 0. The van der Waals surface area contributed by atoms with Crippen LogP contribution in [0.1, 0.15) is 25.1 Å². The number of hydrogen-bond acceptors (Lipinski definition) is 3. The molecule has 0 radical (unpaired) electrons. The average Bonchev–Trinajstić information content (AvgIpc) is 2.82. The van der Waals surface area contributed by atoms with Gasteiger partial charge in [-0.25, -0.2) is 4.98 Å². The minimum Gasteiger partial charge on any atom is -0.463 e. The number of nitrogens with zero attached hydrogens (tertiary/aromatic N) is 2. The van der Waals surface area contributed by atoms with E-state index in [4.69, 9.17) is 10.2 Å². The van der Waals surface area contributed by atoms with Crippen LogP contribution < -0.4 is 5.73 Å². The van der Waals surface area contributed by atoms with Crippen molar-refractivity contribution in [3.63, 3.8) is 0 Å². The van der Waals surface area contributed by atoms with Crippen LogP contribution in [-0.2, 0) is 6.54 Å². The first-order chi connectivity index (χ1) is 7.74. The van der Waals surface area contributed by atoms with Crippen LogP contribution in [0, 0.1) is 0 Å². The largest absolute Gasteiger partial charge is 0.463 e. The van der Waals surface area contributed by atoms with Gasteiger partial charge >= 0.3 is 0 Å². The second kappa shape index (κ2) is 3.49. The molecule has 0 spiro atoms. The van der Waals surface area contributed by atoms with Crippen LogP contribution in [0.15, 0.2) is 29.0 Å². The Kier molecular flexibility index (Phi) is 2.11. The maximum absolute atomic E-state index is 6.00. The molecule has 0 fully saturated rings. The minimum atomic E-state index is 0.237. The summed E-state index contributed by atoms with van der Waals surface area (Å²) in [7, 11) is 0. The molecule has 1 aliphatic heterocycles. The summed E-state index contributed by atoms with van der Waals surface area (Å²) in [6.45, 7) is 3.02. The molecule has 3 rings (SSSR count). The van der Waals surface area contributed by atoms with E-state index in [1.807, 2.05) is 18.3 Å². The van der Waals surface area contributed by atoms with Gasteiger partial charge in [0, 0.05) is 24.7 Å². The lowest BCUT2D eigenvalue weighted by molar-refractivity contribution is 0.407. The quantitative estimate of drug-likeness (QED) is 0.794. The van der Waals surface area contributed by atoms with Gasteiger partial charge in [0.15, 0.2) is 5.76 Å². The number of furan rings is 1. The second-order valence-corrected chi connectivity index (χ2v) is 4.51. The molecule has 0 saturated heterocycles. The lowest BCUT2D eigenvalue weighted by Crippen LogP contribution is -2.33. The van der Waals surface area contributed by atoms with Crippen molar-refractivity contribution in [2.75, 3.05) is 0 Å². The molecule has 0 aliphatic carbocycles. The van der Waals surface area contributed by atoms with Crippen LogP contribution in [0.25, 0.3) is 11.5 Å². The summed E-state index contributed by atoms with van der Waals surface area (Å²) in [5.74, 6) is 2.36. The van der Waals surface area contributed by atoms with Crippen molar-refractivity contribution in [2.45, 2.75) is 31.8 Å². The highest BCUT2D eigenvalue weighted by atomic mass is 16.3. The molecule has 84 valence electrons. The fourth-order valence-corrected chi connectivity index (χ4v) is 2.40. The Morgan fingerprint density at radius 1 is 1.56 bits per heavy atom. The van der Waals surface area contributed by atoms with E-state index in [2.05, 4.69) is 16.5 Å². The first kappa shape index (κ1) is 9.66. The smallest absolute Gasteiger partial charge is 0.153 e. The van der Waals surface area contributed by atoms with Crippen LogP contribution in [0.4, 0.5) is 0 Å². The summed E-state index contributed by atoms with van der Waals surface area (Å²) >= 11 is 0. The molecule has 2 aromatic rings. The van der Waals surface area contributed by atoms with Gasteiger partial charge in [-0.15, -0.1) is 0 Å². The normalized spacial score (nSPS) is 24.4. The number of rotatable bonds is 1. The third-order valence-corrected chi connectivity index (χ3v) is 3.11. The summed E-state index contributed by atoms with van der Waals surface area (Å²) in [6, 6.07) is 4.04. The Morgan fingerprint density at radius 2 is 2.44 bits per heavy atom. The maximum atomic E-state index is 6.00. The number of nitrogens with two attached hydrogens (primary N) is 1. The van der Waals surface area contributed by atoms with Crippen molar-refractivity contribution < 1.29 is 4.42 Å². The fourth-order valence-electron chi connectivity index (χ4n) is 2.40. The predicted octanol–water partition coefficient (Wildman–Crippen LogP) is 1.98. The zero-order chi connectivity index (χ0) is 11.1. The molecule has 4 heteroatoms. The lowest BCUT2D eigenvalue weighted by atomic mass is 9.98. The van der Waals surface area contributed by atoms with Crippen molar-refractivity contribution in [2.24, 2.45) is 5.73 Å². The molecule has 0 saturated carbocycles. The van der Waals surface area contributed by atoms with Gasteiger partial charge < -0.3 is 14.7 Å². The van der Waals surface area contributed by atoms with E-state index in [-0.39, 0.29) is 6.04 Å². The third-order valence-electron chi connectivity index (χ3n) is 3.11. The highest BCUT2D eigenvalue weighted by Crippen LogP contribution is 2.28. The van der Waals surface area contributed by atoms with Gasteiger partial charge in [0.2, 0.25) is 0 Å². The van der Waals surface area contributed by atoms with E-state index in [0.717, 1.165) is 30.2 Å². The molecule has 0 amide bonds. The van der Waals surface area contributed by atoms with Crippen LogP contribution in [0.3, 0.4) is 0 Å². The van der Waals surface area contributed by atoms with Crippen molar-refractivity contribution in [1.82, 2.24) is 9.55 Å². The molecule has 2 aromatic heterocycles. The Labute approximate surface area is 94.1 Å². The van der Waals surface area contributed by atoms with E-state index < -0.39 is 0 Å². The highest BCUT2D eigenvalue weighted by molar-refractivity contribution is 5.51. The molecule has 16 heavy (non-hydrogen) atoms. The van der Waals surface area contributed by atoms with Crippen molar-refractivity contribution >= 4 is 0 Å². The van der Waals surface area contributed by atoms with E-state index >= 15 is 0 Å². The van der Waals surface area contributed by atoms with Crippen LogP contribution >= 0.6 is 0 Å². The van der Waals surface area contributed by atoms with Crippen LogP contribution in [0.5, 0.6) is 0 Å². The SMILES string of the molecule is CC1CC(N)Cn2cc(-c3ccco3)nc21. The van der Waals surface area contributed by atoms with Gasteiger partial charge in [0.05, 0.1) is 6.26 Å². The first-order valence-electron chi connectivity index (χ1n) is 5.60. The molecule has 1 aliphatic rings. The van der Waals surface area contributed by atoms with Crippen LogP contribution in [0.2, 0.25) is 0 Å². The zero-order valence-electron chi connectivity index (χ0n) is 9.26.